The van der Waals surface area contributed by atoms with Gasteiger partial charge in [-0.3, -0.25) is 10.2 Å². The van der Waals surface area contributed by atoms with Gasteiger partial charge in [-0.15, -0.1) is 0 Å². The van der Waals surface area contributed by atoms with Crippen molar-refractivity contribution in [2.45, 2.75) is 39.5 Å². The van der Waals surface area contributed by atoms with E-state index >= 15 is 0 Å². The van der Waals surface area contributed by atoms with Crippen molar-refractivity contribution < 1.29 is 4.79 Å². The normalized spacial score (nSPS) is 20.5. The quantitative estimate of drug-likeness (QED) is 0.308. The van der Waals surface area contributed by atoms with Crippen molar-refractivity contribution in [2.24, 2.45) is 11.3 Å². The van der Waals surface area contributed by atoms with Crippen molar-refractivity contribution in [1.82, 2.24) is 10.3 Å². The highest BCUT2D eigenvalue weighted by molar-refractivity contribution is 5.75. The van der Waals surface area contributed by atoms with Gasteiger partial charge in [0.25, 0.3) is 0 Å². The number of carbonyl (C=O) groups is 1. The van der Waals surface area contributed by atoms with E-state index in [9.17, 15) is 4.79 Å². The molecule has 0 radical (unpaired) electrons. The van der Waals surface area contributed by atoms with Gasteiger partial charge >= 0.3 is 0 Å². The zero-order valence-electron chi connectivity index (χ0n) is 9.88. The number of hydrogen-bond donors (Lipinski definition) is 2. The van der Waals surface area contributed by atoms with Gasteiger partial charge in [-0.05, 0) is 37.8 Å². The molecule has 3 N–H and O–H groups in total. The Hall–Kier alpha value is -0.610. The Kier molecular flexibility index (Phi) is 4.54. The highest BCUT2D eigenvalue weighted by atomic mass is 16.2. The van der Waals surface area contributed by atoms with Crippen molar-refractivity contribution in [1.29, 1.82) is 0 Å². The molecule has 4 heteroatoms. The Labute approximate surface area is 92.2 Å². The SMILES string of the molecule is CC1(C)CCN(CCCCC(=O)NN)C1. The molecule has 15 heavy (non-hydrogen) atoms. The summed E-state index contributed by atoms with van der Waals surface area (Å²) in [6.45, 7) is 8.14. The second kappa shape index (κ2) is 5.47. The molecule has 1 amide bonds. The third kappa shape index (κ3) is 4.62. The number of carbonyl (C=O) groups excluding carboxylic acids is 1. The van der Waals surface area contributed by atoms with E-state index in [-0.39, 0.29) is 5.91 Å². The van der Waals surface area contributed by atoms with Crippen molar-refractivity contribution in [3.05, 3.63) is 0 Å². The van der Waals surface area contributed by atoms with E-state index in [4.69, 9.17) is 5.84 Å². The van der Waals surface area contributed by atoms with E-state index in [1.54, 1.807) is 0 Å². The van der Waals surface area contributed by atoms with Crippen LogP contribution in [0, 0.1) is 5.41 Å². The summed E-state index contributed by atoms with van der Waals surface area (Å²) < 4.78 is 0. The number of hydrazine groups is 1. The highest BCUT2D eigenvalue weighted by Crippen LogP contribution is 2.28. The molecule has 1 aliphatic heterocycles. The number of rotatable bonds is 5. The van der Waals surface area contributed by atoms with Crippen molar-refractivity contribution in [3.8, 4) is 0 Å². The van der Waals surface area contributed by atoms with Crippen LogP contribution in [0.4, 0.5) is 0 Å². The number of likely N-dealkylation sites (tertiary alicyclic amines) is 1. The minimum absolute atomic E-state index is 0.0586. The second-order valence-corrected chi connectivity index (χ2v) is 5.21. The molecule has 1 heterocycles. The minimum atomic E-state index is -0.0586. The van der Waals surface area contributed by atoms with Crippen LogP contribution in [0.25, 0.3) is 0 Å². The first-order chi connectivity index (χ1) is 7.03. The van der Waals surface area contributed by atoms with Gasteiger partial charge in [0.05, 0.1) is 0 Å². The lowest BCUT2D eigenvalue weighted by molar-refractivity contribution is -0.121. The predicted molar refractivity (Wildman–Crippen MR) is 61.0 cm³/mol. The lowest BCUT2D eigenvalue weighted by Crippen LogP contribution is -2.30. The van der Waals surface area contributed by atoms with Crippen LogP contribution in [0.15, 0.2) is 0 Å². The second-order valence-electron chi connectivity index (χ2n) is 5.21. The molecule has 0 aromatic rings. The van der Waals surface area contributed by atoms with E-state index in [0.29, 0.717) is 11.8 Å². The van der Waals surface area contributed by atoms with Crippen LogP contribution in [-0.2, 0) is 4.79 Å². The van der Waals surface area contributed by atoms with E-state index in [0.717, 1.165) is 19.4 Å². The van der Waals surface area contributed by atoms with E-state index in [1.807, 2.05) is 0 Å². The molecule has 1 fully saturated rings. The van der Waals surface area contributed by atoms with Crippen LogP contribution in [0.2, 0.25) is 0 Å². The van der Waals surface area contributed by atoms with E-state index in [2.05, 4.69) is 24.2 Å². The zero-order valence-corrected chi connectivity index (χ0v) is 9.88. The smallest absolute Gasteiger partial charge is 0.233 e. The fraction of sp³-hybridized carbons (Fsp3) is 0.909. The summed E-state index contributed by atoms with van der Waals surface area (Å²) in [6, 6.07) is 0. The largest absolute Gasteiger partial charge is 0.303 e. The molecule has 1 aliphatic rings. The van der Waals surface area contributed by atoms with E-state index < -0.39 is 0 Å². The Balaban J connectivity index is 2.04. The number of amides is 1. The van der Waals surface area contributed by atoms with Crippen LogP contribution in [-0.4, -0.2) is 30.4 Å². The fourth-order valence-electron chi connectivity index (χ4n) is 2.11. The standard InChI is InChI=1S/C11H23N3O/c1-11(2)6-8-14(9-11)7-4-3-5-10(15)13-12/h3-9,12H2,1-2H3,(H,13,15). The number of nitrogens with two attached hydrogens (primary N) is 1. The van der Waals surface area contributed by atoms with Crippen LogP contribution >= 0.6 is 0 Å². The summed E-state index contributed by atoms with van der Waals surface area (Å²) >= 11 is 0. The molecule has 0 bridgehead atoms. The Morgan fingerprint density at radius 3 is 2.73 bits per heavy atom. The van der Waals surface area contributed by atoms with Gasteiger partial charge in [0.1, 0.15) is 0 Å². The molecule has 0 spiro atoms. The first-order valence-electron chi connectivity index (χ1n) is 5.75. The topological polar surface area (TPSA) is 58.4 Å². The Morgan fingerprint density at radius 1 is 1.47 bits per heavy atom. The van der Waals surface area contributed by atoms with Gasteiger partial charge in [0.2, 0.25) is 5.91 Å². The predicted octanol–water partition coefficient (Wildman–Crippen LogP) is 0.879. The minimum Gasteiger partial charge on any atom is -0.303 e. The van der Waals surface area contributed by atoms with Gasteiger partial charge in [0.15, 0.2) is 0 Å². The summed E-state index contributed by atoms with van der Waals surface area (Å²) in [7, 11) is 0. The number of nitrogens with one attached hydrogen (secondary N) is 1. The number of unbranched alkanes of at least 4 members (excludes halogenated alkanes) is 1. The van der Waals surface area contributed by atoms with Crippen LogP contribution in [0.3, 0.4) is 0 Å². The molecule has 0 atom stereocenters. The van der Waals surface area contributed by atoms with Gasteiger partial charge in [0, 0.05) is 13.0 Å². The van der Waals surface area contributed by atoms with E-state index in [1.165, 1.54) is 19.5 Å². The highest BCUT2D eigenvalue weighted by Gasteiger charge is 2.28. The molecular weight excluding hydrogens is 190 g/mol. The first-order valence-corrected chi connectivity index (χ1v) is 5.75. The first kappa shape index (κ1) is 12.5. The maximum atomic E-state index is 10.9. The number of nitrogens with zero attached hydrogens (tertiary/aromatic N) is 1. The third-order valence-corrected chi connectivity index (χ3v) is 3.05. The van der Waals surface area contributed by atoms with Crippen LogP contribution in [0.5, 0.6) is 0 Å². The molecule has 0 unspecified atom stereocenters. The molecular formula is C11H23N3O. The van der Waals surface area contributed by atoms with Crippen molar-refractivity contribution in [2.75, 3.05) is 19.6 Å². The molecule has 88 valence electrons. The zero-order chi connectivity index (χ0) is 11.3. The molecule has 4 nitrogen and oxygen atoms in total. The van der Waals surface area contributed by atoms with Gasteiger partial charge < -0.3 is 4.90 Å². The average Bonchev–Trinajstić information content (AvgIpc) is 2.52. The maximum Gasteiger partial charge on any atom is 0.233 e. The van der Waals surface area contributed by atoms with Crippen LogP contribution < -0.4 is 11.3 Å². The monoisotopic (exact) mass is 213 g/mol. The Morgan fingerprint density at radius 2 is 2.20 bits per heavy atom. The van der Waals surface area contributed by atoms with Gasteiger partial charge in [-0.25, -0.2) is 5.84 Å². The molecule has 0 aromatic heterocycles. The Bertz CT molecular complexity index is 216. The van der Waals surface area contributed by atoms with Crippen molar-refractivity contribution >= 4 is 5.91 Å². The molecule has 0 aliphatic carbocycles. The molecule has 0 aromatic carbocycles. The van der Waals surface area contributed by atoms with Gasteiger partial charge in [-0.1, -0.05) is 13.8 Å². The lowest BCUT2D eigenvalue weighted by atomic mass is 9.93. The summed E-state index contributed by atoms with van der Waals surface area (Å²) in [6.07, 6.45) is 3.85. The van der Waals surface area contributed by atoms with Gasteiger partial charge in [-0.2, -0.15) is 0 Å². The molecule has 1 saturated heterocycles. The maximum absolute atomic E-state index is 10.9. The molecule has 0 saturated carbocycles. The van der Waals surface area contributed by atoms with Crippen molar-refractivity contribution in [3.63, 3.8) is 0 Å². The fourth-order valence-corrected chi connectivity index (χ4v) is 2.11. The summed E-state index contributed by atoms with van der Waals surface area (Å²) in [5.74, 6) is 4.94. The summed E-state index contributed by atoms with van der Waals surface area (Å²) in [4.78, 5) is 13.3. The molecule has 1 rings (SSSR count). The van der Waals surface area contributed by atoms with Crippen LogP contribution in [0.1, 0.15) is 39.5 Å². The average molecular weight is 213 g/mol. The summed E-state index contributed by atoms with van der Waals surface area (Å²) in [5, 5.41) is 0. The lowest BCUT2D eigenvalue weighted by Gasteiger charge is -2.19. The summed E-state index contributed by atoms with van der Waals surface area (Å²) in [5.41, 5.74) is 2.63. The number of hydrogen-bond acceptors (Lipinski definition) is 3. The third-order valence-electron chi connectivity index (χ3n) is 3.05.